The molecule has 0 heterocycles. The predicted octanol–water partition coefficient (Wildman–Crippen LogP) is 1.83. The van der Waals surface area contributed by atoms with Gasteiger partial charge in [-0.2, -0.15) is 0 Å². The van der Waals surface area contributed by atoms with Gasteiger partial charge in [0.2, 0.25) is 0 Å². The maximum Gasteiger partial charge on any atom is 0.329 e. The molecule has 1 aliphatic rings. The molecule has 1 aliphatic carbocycles. The van der Waals surface area contributed by atoms with Crippen LogP contribution in [0.5, 0.6) is 0 Å². The summed E-state index contributed by atoms with van der Waals surface area (Å²) in [6.07, 6.45) is 3.86. The van der Waals surface area contributed by atoms with Crippen LogP contribution in [0.1, 0.15) is 46.0 Å². The van der Waals surface area contributed by atoms with Crippen LogP contribution >= 0.6 is 0 Å². The molecule has 0 spiro atoms. The van der Waals surface area contributed by atoms with Crippen molar-refractivity contribution in [2.24, 2.45) is 0 Å². The third-order valence-electron chi connectivity index (χ3n) is 3.51. The van der Waals surface area contributed by atoms with Crippen LogP contribution < -0.4 is 5.32 Å². The zero-order valence-electron chi connectivity index (χ0n) is 10.7. The van der Waals surface area contributed by atoms with Crippen LogP contribution in [0.3, 0.4) is 0 Å². The highest BCUT2D eigenvalue weighted by atomic mass is 16.4. The van der Waals surface area contributed by atoms with Crippen molar-refractivity contribution in [2.45, 2.75) is 51.5 Å². The molecule has 2 amide bonds. The fraction of sp³-hybridized carbons (Fsp3) is 0.833. The van der Waals surface area contributed by atoms with E-state index in [0.717, 1.165) is 19.3 Å². The highest BCUT2D eigenvalue weighted by Crippen LogP contribution is 2.28. The van der Waals surface area contributed by atoms with E-state index in [2.05, 4.69) is 5.32 Å². The van der Waals surface area contributed by atoms with Crippen LogP contribution in [-0.4, -0.2) is 40.6 Å². The summed E-state index contributed by atoms with van der Waals surface area (Å²) in [6.45, 7) is 4.96. The molecule has 17 heavy (non-hydrogen) atoms. The molecule has 0 aromatic carbocycles. The van der Waals surface area contributed by atoms with Gasteiger partial charge >= 0.3 is 12.0 Å². The first kappa shape index (κ1) is 13.8. The molecule has 0 radical (unpaired) electrons. The Kier molecular flexibility index (Phi) is 4.78. The summed E-state index contributed by atoms with van der Waals surface area (Å²) in [5.74, 6) is -0.905. The van der Waals surface area contributed by atoms with Gasteiger partial charge in [-0.3, -0.25) is 0 Å². The lowest BCUT2D eigenvalue weighted by Gasteiger charge is -2.35. The molecule has 1 fully saturated rings. The van der Waals surface area contributed by atoms with Crippen molar-refractivity contribution >= 4 is 12.0 Å². The van der Waals surface area contributed by atoms with Gasteiger partial charge < -0.3 is 15.3 Å². The molecule has 0 aromatic rings. The number of carboxylic acid groups (broad SMARTS) is 1. The average Bonchev–Trinajstić information content (AvgIpc) is 2.31. The minimum absolute atomic E-state index is 0.265. The van der Waals surface area contributed by atoms with Crippen molar-refractivity contribution in [1.82, 2.24) is 10.2 Å². The second kappa shape index (κ2) is 5.89. The van der Waals surface area contributed by atoms with E-state index in [0.29, 0.717) is 25.9 Å². The average molecular weight is 242 g/mol. The Morgan fingerprint density at radius 2 is 1.71 bits per heavy atom. The molecule has 0 aliphatic heterocycles. The number of rotatable bonds is 4. The van der Waals surface area contributed by atoms with E-state index in [9.17, 15) is 14.7 Å². The van der Waals surface area contributed by atoms with E-state index in [4.69, 9.17) is 0 Å². The highest BCUT2D eigenvalue weighted by molar-refractivity contribution is 5.86. The summed E-state index contributed by atoms with van der Waals surface area (Å²) in [5, 5.41) is 12.1. The second-order valence-corrected chi connectivity index (χ2v) is 4.55. The summed E-state index contributed by atoms with van der Waals surface area (Å²) in [6, 6.07) is -0.265. The van der Waals surface area contributed by atoms with Gasteiger partial charge in [0.15, 0.2) is 0 Å². The zero-order chi connectivity index (χ0) is 12.9. The first-order valence-corrected chi connectivity index (χ1v) is 6.36. The maximum atomic E-state index is 11.9. The van der Waals surface area contributed by atoms with E-state index in [-0.39, 0.29) is 6.03 Å². The zero-order valence-corrected chi connectivity index (χ0v) is 10.7. The SMILES string of the molecule is CCN(CC)C(=O)NC1(C(=O)O)CCCCC1. The molecule has 0 saturated heterocycles. The van der Waals surface area contributed by atoms with Gasteiger partial charge in [-0.1, -0.05) is 19.3 Å². The molecule has 0 atom stereocenters. The summed E-state index contributed by atoms with van der Waals surface area (Å²) in [7, 11) is 0. The van der Waals surface area contributed by atoms with Gasteiger partial charge in [0.1, 0.15) is 5.54 Å². The number of carbonyl (C=O) groups is 2. The molecule has 5 heteroatoms. The van der Waals surface area contributed by atoms with E-state index < -0.39 is 11.5 Å². The number of nitrogens with one attached hydrogen (secondary N) is 1. The molecule has 0 aromatic heterocycles. The topological polar surface area (TPSA) is 69.6 Å². The monoisotopic (exact) mass is 242 g/mol. The van der Waals surface area contributed by atoms with Gasteiger partial charge in [-0.05, 0) is 26.7 Å². The fourth-order valence-corrected chi connectivity index (χ4v) is 2.34. The summed E-state index contributed by atoms with van der Waals surface area (Å²) in [4.78, 5) is 24.9. The summed E-state index contributed by atoms with van der Waals surface area (Å²) < 4.78 is 0. The third-order valence-corrected chi connectivity index (χ3v) is 3.51. The Morgan fingerprint density at radius 3 is 2.12 bits per heavy atom. The Labute approximate surface area is 102 Å². The van der Waals surface area contributed by atoms with Crippen LogP contribution in [0, 0.1) is 0 Å². The summed E-state index contributed by atoms with van der Waals surface area (Å²) in [5.41, 5.74) is -1.04. The second-order valence-electron chi connectivity index (χ2n) is 4.55. The number of amides is 2. The van der Waals surface area contributed by atoms with Gasteiger partial charge in [0.05, 0.1) is 0 Å². The fourth-order valence-electron chi connectivity index (χ4n) is 2.34. The third kappa shape index (κ3) is 3.11. The highest BCUT2D eigenvalue weighted by Gasteiger charge is 2.41. The Balaban J connectivity index is 2.73. The van der Waals surface area contributed by atoms with Crippen molar-refractivity contribution in [3.05, 3.63) is 0 Å². The number of urea groups is 1. The van der Waals surface area contributed by atoms with Gasteiger partial charge in [-0.15, -0.1) is 0 Å². The van der Waals surface area contributed by atoms with Crippen molar-refractivity contribution in [2.75, 3.05) is 13.1 Å². The standard InChI is InChI=1S/C12H22N2O3/c1-3-14(4-2)11(17)13-12(10(15)16)8-6-5-7-9-12/h3-9H2,1-2H3,(H,13,17)(H,15,16). The lowest BCUT2D eigenvalue weighted by Crippen LogP contribution is -2.58. The molecule has 1 rings (SSSR count). The minimum Gasteiger partial charge on any atom is -0.480 e. The van der Waals surface area contributed by atoms with E-state index >= 15 is 0 Å². The molecule has 98 valence electrons. The van der Waals surface area contributed by atoms with Crippen molar-refractivity contribution in [1.29, 1.82) is 0 Å². The predicted molar refractivity (Wildman–Crippen MR) is 64.9 cm³/mol. The van der Waals surface area contributed by atoms with E-state index in [1.807, 2.05) is 13.8 Å². The largest absolute Gasteiger partial charge is 0.480 e. The van der Waals surface area contributed by atoms with Crippen LogP contribution in [0.15, 0.2) is 0 Å². The number of hydrogen-bond donors (Lipinski definition) is 2. The lowest BCUT2D eigenvalue weighted by atomic mass is 9.82. The molecule has 2 N–H and O–H groups in total. The Hall–Kier alpha value is -1.26. The molecule has 5 nitrogen and oxygen atoms in total. The van der Waals surface area contributed by atoms with E-state index in [1.165, 1.54) is 0 Å². The van der Waals surface area contributed by atoms with Crippen molar-refractivity contribution in [3.63, 3.8) is 0 Å². The number of nitrogens with zero attached hydrogens (tertiary/aromatic N) is 1. The Morgan fingerprint density at radius 1 is 1.18 bits per heavy atom. The van der Waals surface area contributed by atoms with Crippen LogP contribution in [0.2, 0.25) is 0 Å². The van der Waals surface area contributed by atoms with Crippen LogP contribution in [0.25, 0.3) is 0 Å². The number of carbonyl (C=O) groups excluding carboxylic acids is 1. The van der Waals surface area contributed by atoms with Crippen LogP contribution in [-0.2, 0) is 4.79 Å². The van der Waals surface area contributed by atoms with Crippen molar-refractivity contribution < 1.29 is 14.7 Å². The number of carboxylic acids is 1. The molecule has 1 saturated carbocycles. The molecular weight excluding hydrogens is 220 g/mol. The molecule has 0 bridgehead atoms. The summed E-state index contributed by atoms with van der Waals surface area (Å²) >= 11 is 0. The normalized spacial score (nSPS) is 18.5. The number of aliphatic carboxylic acids is 1. The Bertz CT molecular complexity index is 281. The molecular formula is C12H22N2O3. The first-order valence-electron chi connectivity index (χ1n) is 6.36. The quantitative estimate of drug-likeness (QED) is 0.790. The van der Waals surface area contributed by atoms with E-state index in [1.54, 1.807) is 4.90 Å². The number of hydrogen-bond acceptors (Lipinski definition) is 2. The minimum atomic E-state index is -1.04. The van der Waals surface area contributed by atoms with Gasteiger partial charge in [0.25, 0.3) is 0 Å². The smallest absolute Gasteiger partial charge is 0.329 e. The van der Waals surface area contributed by atoms with Gasteiger partial charge in [0, 0.05) is 13.1 Å². The van der Waals surface area contributed by atoms with Gasteiger partial charge in [-0.25, -0.2) is 9.59 Å². The van der Waals surface area contributed by atoms with Crippen molar-refractivity contribution in [3.8, 4) is 0 Å². The first-order chi connectivity index (χ1) is 8.05. The molecule has 0 unspecified atom stereocenters. The van der Waals surface area contributed by atoms with Crippen LogP contribution in [0.4, 0.5) is 4.79 Å². The lowest BCUT2D eigenvalue weighted by molar-refractivity contribution is -0.146. The maximum absolute atomic E-state index is 11.9.